The first kappa shape index (κ1) is 19.0. The highest BCUT2D eigenvalue weighted by Crippen LogP contribution is 2.32. The molecular weight excluding hydrogens is 312 g/mol. The molecule has 4 heteroatoms. The van der Waals surface area contributed by atoms with Gasteiger partial charge in [-0.15, -0.1) is 0 Å². The molecule has 0 aromatic heterocycles. The van der Waals surface area contributed by atoms with Gasteiger partial charge in [0.2, 0.25) is 0 Å². The van der Waals surface area contributed by atoms with Crippen LogP contribution >= 0.6 is 0 Å². The minimum atomic E-state index is 0.0404. The summed E-state index contributed by atoms with van der Waals surface area (Å²) < 4.78 is 11.5. The Morgan fingerprint density at radius 2 is 1.92 bits per heavy atom. The number of nitrogens with zero attached hydrogens (tertiary/aromatic N) is 2. The van der Waals surface area contributed by atoms with Crippen LogP contribution in [0, 0.1) is 13.8 Å². The Morgan fingerprint density at radius 1 is 1.16 bits per heavy atom. The summed E-state index contributed by atoms with van der Waals surface area (Å²) >= 11 is 0. The van der Waals surface area contributed by atoms with Gasteiger partial charge < -0.3 is 14.4 Å². The van der Waals surface area contributed by atoms with Gasteiger partial charge in [0.1, 0.15) is 11.5 Å². The first-order chi connectivity index (χ1) is 11.9. The number of aliphatic imine (C=N–C) groups is 1. The molecule has 0 saturated carbocycles. The average molecular weight is 340 g/mol. The molecule has 0 fully saturated rings. The minimum Gasteiger partial charge on any atom is -0.457 e. The second-order valence-electron chi connectivity index (χ2n) is 6.27. The Kier molecular flexibility index (Phi) is 6.59. The Labute approximate surface area is 151 Å². The lowest BCUT2D eigenvalue weighted by Gasteiger charge is -2.14. The standard InChI is InChI=1S/C21H28N2O2/c1-7-23(5)14-22-20-11-16(3)21(12-15(20)2)25-19-10-8-9-18(13-19)17(4)24-6/h8-14,17H,7H2,1-6H3. The van der Waals surface area contributed by atoms with Crippen LogP contribution in [-0.4, -0.2) is 31.9 Å². The monoisotopic (exact) mass is 340 g/mol. The van der Waals surface area contributed by atoms with Crippen LogP contribution in [0.15, 0.2) is 41.4 Å². The quantitative estimate of drug-likeness (QED) is 0.499. The van der Waals surface area contributed by atoms with Crippen molar-refractivity contribution in [2.45, 2.75) is 33.8 Å². The molecule has 1 atom stereocenters. The molecular formula is C21H28N2O2. The summed E-state index contributed by atoms with van der Waals surface area (Å²) in [5, 5.41) is 0. The topological polar surface area (TPSA) is 34.1 Å². The predicted molar refractivity (Wildman–Crippen MR) is 104 cm³/mol. The van der Waals surface area contributed by atoms with E-state index in [0.717, 1.165) is 40.4 Å². The van der Waals surface area contributed by atoms with Crippen molar-refractivity contribution in [2.75, 3.05) is 20.7 Å². The molecule has 0 aliphatic carbocycles. The normalized spacial score (nSPS) is 12.4. The number of aryl methyl sites for hydroxylation is 2. The van der Waals surface area contributed by atoms with E-state index in [4.69, 9.17) is 9.47 Å². The molecule has 2 aromatic carbocycles. The molecule has 0 bridgehead atoms. The molecule has 1 unspecified atom stereocenters. The molecule has 0 heterocycles. The largest absolute Gasteiger partial charge is 0.457 e. The van der Waals surface area contributed by atoms with Crippen LogP contribution in [0.4, 0.5) is 5.69 Å². The fraction of sp³-hybridized carbons (Fsp3) is 0.381. The van der Waals surface area contributed by atoms with Crippen LogP contribution < -0.4 is 4.74 Å². The zero-order chi connectivity index (χ0) is 18.4. The van der Waals surface area contributed by atoms with Crippen LogP contribution in [0.3, 0.4) is 0 Å². The zero-order valence-electron chi connectivity index (χ0n) is 16.0. The summed E-state index contributed by atoms with van der Waals surface area (Å²) in [7, 11) is 3.72. The van der Waals surface area contributed by atoms with Gasteiger partial charge in [-0.2, -0.15) is 0 Å². The number of methoxy groups -OCH3 is 1. The second-order valence-corrected chi connectivity index (χ2v) is 6.27. The lowest BCUT2D eigenvalue weighted by atomic mass is 10.1. The Hall–Kier alpha value is -2.33. The van der Waals surface area contributed by atoms with Gasteiger partial charge in [-0.1, -0.05) is 12.1 Å². The molecule has 0 saturated heterocycles. The van der Waals surface area contributed by atoms with Crippen LogP contribution in [-0.2, 0) is 4.74 Å². The number of hydrogen-bond donors (Lipinski definition) is 0. The third kappa shape index (κ3) is 5.07. The summed E-state index contributed by atoms with van der Waals surface area (Å²) in [5.41, 5.74) is 4.20. The van der Waals surface area contributed by atoms with Crippen LogP contribution in [0.5, 0.6) is 11.5 Å². The van der Waals surface area contributed by atoms with Gasteiger partial charge in [0.25, 0.3) is 0 Å². The first-order valence-corrected chi connectivity index (χ1v) is 8.60. The maximum atomic E-state index is 6.11. The van der Waals surface area contributed by atoms with Crippen molar-refractivity contribution in [3.63, 3.8) is 0 Å². The maximum absolute atomic E-state index is 6.11. The second kappa shape index (κ2) is 8.67. The first-order valence-electron chi connectivity index (χ1n) is 8.60. The summed E-state index contributed by atoms with van der Waals surface area (Å²) in [5.74, 6) is 1.66. The third-order valence-corrected chi connectivity index (χ3v) is 4.30. The van der Waals surface area contributed by atoms with Crippen molar-refractivity contribution in [3.8, 4) is 11.5 Å². The van der Waals surface area contributed by atoms with E-state index in [1.807, 2.05) is 69.4 Å². The minimum absolute atomic E-state index is 0.0404. The number of ether oxygens (including phenoxy) is 2. The molecule has 25 heavy (non-hydrogen) atoms. The Balaban J connectivity index is 2.24. The van der Waals surface area contributed by atoms with Crippen molar-refractivity contribution in [1.82, 2.24) is 4.90 Å². The zero-order valence-corrected chi connectivity index (χ0v) is 16.0. The number of benzene rings is 2. The van der Waals surface area contributed by atoms with Crippen LogP contribution in [0.1, 0.15) is 36.6 Å². The van der Waals surface area contributed by atoms with Gasteiger partial charge in [0.05, 0.1) is 18.1 Å². The van der Waals surface area contributed by atoms with E-state index in [1.54, 1.807) is 7.11 Å². The number of hydrogen-bond acceptors (Lipinski definition) is 3. The van der Waals surface area contributed by atoms with E-state index in [9.17, 15) is 0 Å². The fourth-order valence-electron chi connectivity index (χ4n) is 2.36. The summed E-state index contributed by atoms with van der Waals surface area (Å²) in [6.45, 7) is 9.14. The van der Waals surface area contributed by atoms with E-state index in [1.165, 1.54) is 0 Å². The van der Waals surface area contributed by atoms with Crippen LogP contribution in [0.25, 0.3) is 0 Å². The lowest BCUT2D eigenvalue weighted by molar-refractivity contribution is 0.119. The van der Waals surface area contributed by atoms with Gasteiger partial charge in [-0.3, -0.25) is 0 Å². The molecule has 2 rings (SSSR count). The molecule has 4 nitrogen and oxygen atoms in total. The van der Waals surface area contributed by atoms with Crippen molar-refractivity contribution in [2.24, 2.45) is 4.99 Å². The van der Waals surface area contributed by atoms with E-state index in [2.05, 4.69) is 18.0 Å². The summed E-state index contributed by atoms with van der Waals surface area (Å²) in [4.78, 5) is 6.61. The van der Waals surface area contributed by atoms with E-state index in [0.29, 0.717) is 0 Å². The van der Waals surface area contributed by atoms with Crippen molar-refractivity contribution in [1.29, 1.82) is 0 Å². The lowest BCUT2D eigenvalue weighted by Crippen LogP contribution is -2.14. The Morgan fingerprint density at radius 3 is 2.60 bits per heavy atom. The van der Waals surface area contributed by atoms with Gasteiger partial charge in [-0.05, 0) is 68.7 Å². The van der Waals surface area contributed by atoms with Crippen molar-refractivity contribution >= 4 is 12.0 Å². The van der Waals surface area contributed by atoms with Crippen LogP contribution in [0.2, 0.25) is 0 Å². The van der Waals surface area contributed by atoms with Gasteiger partial charge in [-0.25, -0.2) is 4.99 Å². The van der Waals surface area contributed by atoms with Crippen molar-refractivity contribution < 1.29 is 9.47 Å². The van der Waals surface area contributed by atoms with Gasteiger partial charge >= 0.3 is 0 Å². The predicted octanol–water partition coefficient (Wildman–Crippen LogP) is 5.41. The number of rotatable bonds is 7. The Bertz CT molecular complexity index is 741. The molecule has 0 spiro atoms. The highest BCUT2D eigenvalue weighted by Gasteiger charge is 2.09. The molecule has 0 radical (unpaired) electrons. The molecule has 0 aliphatic heterocycles. The van der Waals surface area contributed by atoms with Gasteiger partial charge in [0, 0.05) is 20.7 Å². The molecule has 134 valence electrons. The van der Waals surface area contributed by atoms with E-state index in [-0.39, 0.29) is 6.10 Å². The van der Waals surface area contributed by atoms with E-state index >= 15 is 0 Å². The molecule has 0 amide bonds. The molecule has 0 aliphatic rings. The highest BCUT2D eigenvalue weighted by molar-refractivity contribution is 5.64. The molecule has 2 aromatic rings. The average Bonchev–Trinajstić information content (AvgIpc) is 2.62. The van der Waals surface area contributed by atoms with Crippen molar-refractivity contribution in [3.05, 3.63) is 53.1 Å². The van der Waals surface area contributed by atoms with E-state index < -0.39 is 0 Å². The fourth-order valence-corrected chi connectivity index (χ4v) is 2.36. The SMILES string of the molecule is CCN(C)C=Nc1cc(C)c(Oc2cccc(C(C)OC)c2)cc1C. The molecule has 0 N–H and O–H groups in total. The maximum Gasteiger partial charge on any atom is 0.130 e. The smallest absolute Gasteiger partial charge is 0.130 e. The summed E-state index contributed by atoms with van der Waals surface area (Å²) in [6.07, 6.45) is 1.90. The third-order valence-electron chi connectivity index (χ3n) is 4.30. The summed E-state index contributed by atoms with van der Waals surface area (Å²) in [6, 6.07) is 12.1. The highest BCUT2D eigenvalue weighted by atomic mass is 16.5. The van der Waals surface area contributed by atoms with Gasteiger partial charge in [0.15, 0.2) is 0 Å².